The first-order valence-electron chi connectivity index (χ1n) is 8.99. The molecule has 0 aromatic heterocycles. The van der Waals surface area contributed by atoms with Gasteiger partial charge in [-0.1, -0.05) is 6.58 Å². The number of aliphatic carboxylic acids is 1. The minimum atomic E-state index is -1.10. The molecule has 31 heavy (non-hydrogen) atoms. The molecule has 0 radical (unpaired) electrons. The molecule has 0 aliphatic rings. The van der Waals surface area contributed by atoms with Crippen LogP contribution in [0.3, 0.4) is 0 Å². The molecular formula is C22H24N2O7. The maximum absolute atomic E-state index is 12.9. The molecule has 0 aliphatic carbocycles. The number of ether oxygens (including phenoxy) is 4. The van der Waals surface area contributed by atoms with Gasteiger partial charge in [0.1, 0.15) is 23.0 Å². The van der Waals surface area contributed by atoms with Crippen LogP contribution in [0.1, 0.15) is 5.56 Å². The molecule has 1 amide bonds. The summed E-state index contributed by atoms with van der Waals surface area (Å²) in [5, 5.41) is 14.3. The predicted octanol–water partition coefficient (Wildman–Crippen LogP) is 3.38. The van der Waals surface area contributed by atoms with Gasteiger partial charge in [-0.2, -0.15) is 0 Å². The van der Waals surface area contributed by atoms with E-state index in [1.807, 2.05) is 0 Å². The Hall–Kier alpha value is -4.14. The van der Waals surface area contributed by atoms with E-state index in [-0.39, 0.29) is 5.57 Å². The molecule has 0 saturated carbocycles. The summed E-state index contributed by atoms with van der Waals surface area (Å²) in [5.41, 5.74) is 1.40. The highest BCUT2D eigenvalue weighted by molar-refractivity contribution is 6.26. The number of carbonyl (C=O) groups is 2. The maximum atomic E-state index is 12.9. The van der Waals surface area contributed by atoms with Gasteiger partial charge in [-0.3, -0.25) is 4.79 Å². The number of nitrogens with one attached hydrogen (secondary N) is 2. The number of methoxy groups -OCH3 is 4. The molecule has 9 heteroatoms. The first kappa shape index (κ1) is 23.1. The number of benzene rings is 2. The fourth-order valence-corrected chi connectivity index (χ4v) is 2.72. The summed E-state index contributed by atoms with van der Waals surface area (Å²) < 4.78 is 21.2. The second-order valence-electron chi connectivity index (χ2n) is 6.07. The van der Waals surface area contributed by atoms with Crippen molar-refractivity contribution in [2.45, 2.75) is 0 Å². The molecule has 0 aliphatic heterocycles. The van der Waals surface area contributed by atoms with Crippen molar-refractivity contribution in [2.24, 2.45) is 0 Å². The number of carboxylic acid groups (broad SMARTS) is 1. The summed E-state index contributed by atoms with van der Waals surface area (Å²) in [6.45, 7) is 3.89. The van der Waals surface area contributed by atoms with Gasteiger partial charge in [0.25, 0.3) is 5.91 Å². The van der Waals surface area contributed by atoms with Gasteiger partial charge < -0.3 is 34.7 Å². The van der Waals surface area contributed by atoms with Crippen LogP contribution in [-0.4, -0.2) is 45.4 Å². The Morgan fingerprint density at radius 1 is 0.935 bits per heavy atom. The molecule has 0 atom stereocenters. The molecule has 164 valence electrons. The fourth-order valence-electron chi connectivity index (χ4n) is 2.72. The normalized spacial score (nSPS) is 10.3. The van der Waals surface area contributed by atoms with Crippen LogP contribution in [0.25, 0.3) is 5.57 Å². The number of amides is 1. The van der Waals surface area contributed by atoms with Crippen molar-refractivity contribution in [3.8, 4) is 23.0 Å². The van der Waals surface area contributed by atoms with E-state index in [0.29, 0.717) is 39.9 Å². The summed E-state index contributed by atoms with van der Waals surface area (Å²) in [7, 11) is 5.92. The highest BCUT2D eigenvalue weighted by atomic mass is 16.5. The molecule has 2 rings (SSSR count). The number of carbonyl (C=O) groups excluding carboxylic acids is 1. The summed E-state index contributed by atoms with van der Waals surface area (Å²) in [6, 6.07) is 8.11. The summed E-state index contributed by atoms with van der Waals surface area (Å²) in [5.74, 6) is 0.115. The van der Waals surface area contributed by atoms with Gasteiger partial charge in [0, 0.05) is 35.7 Å². The molecular weight excluding hydrogens is 404 g/mol. The van der Waals surface area contributed by atoms with Crippen molar-refractivity contribution in [2.75, 3.05) is 39.1 Å². The zero-order valence-corrected chi connectivity index (χ0v) is 17.6. The Bertz CT molecular complexity index is 990. The molecule has 0 bridgehead atoms. The quantitative estimate of drug-likeness (QED) is 0.494. The second-order valence-corrected chi connectivity index (χ2v) is 6.07. The van der Waals surface area contributed by atoms with E-state index in [0.717, 1.165) is 6.08 Å². The predicted molar refractivity (Wildman–Crippen MR) is 117 cm³/mol. The van der Waals surface area contributed by atoms with Crippen LogP contribution in [0.5, 0.6) is 23.0 Å². The Morgan fingerprint density at radius 3 is 2.06 bits per heavy atom. The molecule has 9 nitrogen and oxygen atoms in total. The lowest BCUT2D eigenvalue weighted by Gasteiger charge is -2.17. The largest absolute Gasteiger partial charge is 0.496 e. The van der Waals surface area contributed by atoms with E-state index < -0.39 is 11.9 Å². The fraction of sp³-hybridized carbons (Fsp3) is 0.182. The number of carboxylic acids is 1. The Morgan fingerprint density at radius 2 is 1.55 bits per heavy atom. The van der Waals surface area contributed by atoms with Crippen LogP contribution in [0, 0.1) is 0 Å². The zero-order chi connectivity index (χ0) is 23.0. The average molecular weight is 428 g/mol. The minimum absolute atomic E-state index is 0.118. The van der Waals surface area contributed by atoms with Crippen molar-refractivity contribution in [1.82, 2.24) is 0 Å². The Kier molecular flexibility index (Phi) is 7.90. The number of hydrogen-bond acceptors (Lipinski definition) is 7. The van der Waals surface area contributed by atoms with E-state index in [2.05, 4.69) is 17.2 Å². The van der Waals surface area contributed by atoms with Gasteiger partial charge in [0.15, 0.2) is 0 Å². The van der Waals surface area contributed by atoms with Crippen LogP contribution in [0.4, 0.5) is 11.4 Å². The monoisotopic (exact) mass is 428 g/mol. The smallest absolute Gasteiger partial charge is 0.329 e. The van der Waals surface area contributed by atoms with Crippen LogP contribution in [0.15, 0.2) is 49.2 Å². The number of anilines is 2. The lowest BCUT2D eigenvalue weighted by molar-refractivity contribution is -0.131. The van der Waals surface area contributed by atoms with Crippen molar-refractivity contribution in [3.05, 3.63) is 54.8 Å². The average Bonchev–Trinajstić information content (AvgIpc) is 2.77. The minimum Gasteiger partial charge on any atom is -0.496 e. The van der Waals surface area contributed by atoms with E-state index in [1.54, 1.807) is 30.3 Å². The zero-order valence-electron chi connectivity index (χ0n) is 17.6. The molecule has 2 aromatic carbocycles. The number of rotatable bonds is 10. The van der Waals surface area contributed by atoms with Gasteiger partial charge in [0.05, 0.1) is 39.7 Å². The van der Waals surface area contributed by atoms with Crippen LogP contribution >= 0.6 is 0 Å². The van der Waals surface area contributed by atoms with Gasteiger partial charge in [-0.05, 0) is 18.2 Å². The van der Waals surface area contributed by atoms with E-state index in [1.165, 1.54) is 34.6 Å². The van der Waals surface area contributed by atoms with Crippen LogP contribution in [0.2, 0.25) is 0 Å². The molecule has 2 aromatic rings. The SMILES string of the molecule is C=C(C(=O)Nc1ccc(OC)c(N/C=C/C(=O)O)c1)c1c(OC)cc(OC)cc1OC. The Labute approximate surface area is 179 Å². The third-order valence-corrected chi connectivity index (χ3v) is 4.21. The highest BCUT2D eigenvalue weighted by Crippen LogP contribution is 2.39. The molecule has 0 heterocycles. The topological polar surface area (TPSA) is 115 Å². The van der Waals surface area contributed by atoms with Crippen molar-refractivity contribution >= 4 is 28.8 Å². The lowest BCUT2D eigenvalue weighted by atomic mass is 10.0. The number of hydrogen-bond donors (Lipinski definition) is 3. The third kappa shape index (κ3) is 5.69. The van der Waals surface area contributed by atoms with Crippen LogP contribution in [-0.2, 0) is 9.59 Å². The van der Waals surface area contributed by atoms with Gasteiger partial charge in [-0.25, -0.2) is 4.79 Å². The molecule has 0 spiro atoms. The molecule has 0 unspecified atom stereocenters. The van der Waals surface area contributed by atoms with E-state index >= 15 is 0 Å². The molecule has 0 saturated heterocycles. The summed E-state index contributed by atoms with van der Waals surface area (Å²) in [6.07, 6.45) is 2.19. The van der Waals surface area contributed by atoms with Gasteiger partial charge in [-0.15, -0.1) is 0 Å². The summed E-state index contributed by atoms with van der Waals surface area (Å²) in [4.78, 5) is 23.5. The second kappa shape index (κ2) is 10.6. The van der Waals surface area contributed by atoms with Crippen molar-refractivity contribution in [1.29, 1.82) is 0 Å². The van der Waals surface area contributed by atoms with Crippen LogP contribution < -0.4 is 29.6 Å². The lowest BCUT2D eigenvalue weighted by Crippen LogP contribution is -2.14. The molecule has 0 fully saturated rings. The van der Waals surface area contributed by atoms with Gasteiger partial charge >= 0.3 is 5.97 Å². The molecule has 3 N–H and O–H groups in total. The summed E-state index contributed by atoms with van der Waals surface area (Å²) >= 11 is 0. The van der Waals surface area contributed by atoms with E-state index in [4.69, 9.17) is 24.1 Å². The maximum Gasteiger partial charge on any atom is 0.329 e. The first-order valence-corrected chi connectivity index (χ1v) is 8.99. The van der Waals surface area contributed by atoms with Gasteiger partial charge in [0.2, 0.25) is 0 Å². The van der Waals surface area contributed by atoms with Crippen molar-refractivity contribution < 1.29 is 33.6 Å². The third-order valence-electron chi connectivity index (χ3n) is 4.21. The Balaban J connectivity index is 2.31. The van der Waals surface area contributed by atoms with E-state index in [9.17, 15) is 9.59 Å². The van der Waals surface area contributed by atoms with Crippen molar-refractivity contribution in [3.63, 3.8) is 0 Å². The highest BCUT2D eigenvalue weighted by Gasteiger charge is 2.21. The standard InChI is InChI=1S/C22H24N2O7/c1-13(21-18(30-4)11-15(28-2)12-19(21)31-5)22(27)24-14-6-7-17(29-3)16(10-14)23-9-8-20(25)26/h6-12,23H,1H2,2-5H3,(H,24,27)(H,25,26)/b9-8+. The first-order chi connectivity index (χ1) is 14.8.